The van der Waals surface area contributed by atoms with E-state index in [0.29, 0.717) is 47.7 Å². The SMILES string of the molecule is C=C(F)c1sc(CNCCCNc2nc3ncccc3[nH]2)c(C)c1Br.CC(=O)O[C@H]1C[C@@]2(C)[C@@H](C[C@@H](O)C3[C@]2(C)CC[C@H]2[C@H](C)[C@H](O)CC[C@]32C)/C1=C(/CCC=C(C)C)C(=O)O. The highest BCUT2D eigenvalue weighted by atomic mass is 79.9. The first-order valence-corrected chi connectivity index (χ1v) is 23.8. The third kappa shape index (κ3) is 9.37. The number of aliphatic hydroxyl groups excluding tert-OH is 2. The molecule has 0 radical (unpaired) electrons. The average molecular weight is 941 g/mol. The Labute approximate surface area is 378 Å². The van der Waals surface area contributed by atoms with Crippen molar-refractivity contribution in [3.8, 4) is 0 Å². The number of allylic oxidation sites excluding steroid dienone is 2. The van der Waals surface area contributed by atoms with Gasteiger partial charge in [-0.15, -0.1) is 11.3 Å². The van der Waals surface area contributed by atoms with Crippen LogP contribution in [0, 0.1) is 46.8 Å². The number of ether oxygens (including phenoxy) is 1. The first-order valence-electron chi connectivity index (χ1n) is 22.2. The van der Waals surface area contributed by atoms with E-state index in [-0.39, 0.29) is 40.1 Å². The molecule has 0 aliphatic heterocycles. The Kier molecular flexibility index (Phi) is 15.0. The summed E-state index contributed by atoms with van der Waals surface area (Å²) in [4.78, 5) is 38.3. The Morgan fingerprint density at radius 3 is 2.52 bits per heavy atom. The predicted octanol–water partition coefficient (Wildman–Crippen LogP) is 10.3. The van der Waals surface area contributed by atoms with Gasteiger partial charge in [-0.1, -0.05) is 45.9 Å². The lowest BCUT2D eigenvalue weighted by atomic mass is 9.36. The van der Waals surface area contributed by atoms with Crippen LogP contribution >= 0.6 is 27.3 Å². The number of aromatic amines is 1. The number of aliphatic carboxylic acids is 1. The third-order valence-electron chi connectivity index (χ3n) is 15.4. The van der Waals surface area contributed by atoms with E-state index >= 15 is 0 Å². The van der Waals surface area contributed by atoms with Gasteiger partial charge in [0.15, 0.2) is 5.65 Å². The maximum Gasteiger partial charge on any atom is 0.331 e. The number of imidazole rings is 1. The van der Waals surface area contributed by atoms with Crippen LogP contribution in [0.5, 0.6) is 0 Å². The molecule has 4 fully saturated rings. The molecule has 4 saturated carbocycles. The zero-order chi connectivity index (χ0) is 45.3. The second kappa shape index (κ2) is 19.4. The van der Waals surface area contributed by atoms with Crippen LogP contribution < -0.4 is 10.6 Å². The van der Waals surface area contributed by atoms with Gasteiger partial charge < -0.3 is 35.7 Å². The van der Waals surface area contributed by atoms with E-state index in [1.54, 1.807) is 6.20 Å². The smallest absolute Gasteiger partial charge is 0.331 e. The number of aliphatic hydroxyl groups is 2. The van der Waals surface area contributed by atoms with Gasteiger partial charge in [-0.3, -0.25) is 4.79 Å². The summed E-state index contributed by atoms with van der Waals surface area (Å²) in [7, 11) is 0. The number of aromatic nitrogens is 3. The molecule has 1 unspecified atom stereocenters. The number of H-pyrrole nitrogens is 1. The Balaban J connectivity index is 0.000000223. The number of nitrogens with one attached hydrogen (secondary N) is 3. The molecule has 14 heteroatoms. The van der Waals surface area contributed by atoms with Crippen LogP contribution in [0.3, 0.4) is 0 Å². The largest absolute Gasteiger partial charge is 0.478 e. The Bertz CT molecular complexity index is 2170. The van der Waals surface area contributed by atoms with E-state index in [1.165, 1.54) is 18.3 Å². The number of fused-ring (bicyclic) bond motifs is 6. The van der Waals surface area contributed by atoms with Crippen LogP contribution in [0.15, 0.2) is 52.2 Å². The van der Waals surface area contributed by atoms with Gasteiger partial charge in [0, 0.05) is 41.1 Å². The first-order chi connectivity index (χ1) is 29.2. The summed E-state index contributed by atoms with van der Waals surface area (Å²) in [6.07, 6.45) is 8.90. The molecule has 7 rings (SSSR count). The second-order valence-electron chi connectivity index (χ2n) is 19.3. The minimum absolute atomic E-state index is 0.0474. The van der Waals surface area contributed by atoms with Gasteiger partial charge in [0.25, 0.3) is 0 Å². The van der Waals surface area contributed by atoms with Crippen molar-refractivity contribution in [2.24, 2.45) is 39.9 Å². The van der Waals surface area contributed by atoms with Crippen molar-refractivity contribution in [3.63, 3.8) is 0 Å². The summed E-state index contributed by atoms with van der Waals surface area (Å²) in [5, 5.41) is 39.5. The predicted molar refractivity (Wildman–Crippen MR) is 248 cm³/mol. The maximum absolute atomic E-state index is 13.4. The quantitative estimate of drug-likeness (QED) is 0.0420. The molecular weight excluding hydrogens is 874 g/mol. The molecule has 10 atom stereocenters. The number of hydrogen-bond acceptors (Lipinski definition) is 10. The van der Waals surface area contributed by atoms with Gasteiger partial charge in [0.2, 0.25) is 5.95 Å². The lowest BCUT2D eigenvalue weighted by Gasteiger charge is -2.69. The molecule has 3 aromatic rings. The Morgan fingerprint density at radius 2 is 1.87 bits per heavy atom. The van der Waals surface area contributed by atoms with E-state index in [9.17, 15) is 29.3 Å². The number of carboxylic acids is 1. The number of nitrogens with zero attached hydrogens (tertiary/aromatic N) is 2. The van der Waals surface area contributed by atoms with Crippen LogP contribution in [0.25, 0.3) is 17.0 Å². The molecule has 0 spiro atoms. The fraction of sp³-hybridized carbons (Fsp3) is 0.625. The van der Waals surface area contributed by atoms with Crippen molar-refractivity contribution in [3.05, 3.63) is 67.5 Å². The van der Waals surface area contributed by atoms with E-state index < -0.39 is 30.0 Å². The zero-order valence-corrected chi connectivity index (χ0v) is 40.1. The van der Waals surface area contributed by atoms with Gasteiger partial charge in [-0.2, -0.15) is 4.98 Å². The number of carbonyl (C=O) groups excluding carboxylic acids is 1. The zero-order valence-electron chi connectivity index (χ0n) is 37.7. The fourth-order valence-electron chi connectivity index (χ4n) is 12.2. The highest BCUT2D eigenvalue weighted by Gasteiger charge is 2.70. The number of pyridine rings is 1. The van der Waals surface area contributed by atoms with Gasteiger partial charge in [0.1, 0.15) is 11.9 Å². The van der Waals surface area contributed by atoms with Crippen molar-refractivity contribution in [2.75, 3.05) is 18.4 Å². The standard InChI is InChI=1S/C31H48O6.C17H19BrFN5S/c1-17(2)9-8-10-20(28(35)36)26-22-15-24(34)27-29(5)13-12-23(33)18(3)21(29)11-14-30(27,6)31(22,7)16-25(26)37-19(4)32;1-10-13(25-15(11(2)19)14(10)18)9-20-6-4-8-22-17-23-12-5-3-7-21-16(12)24-17/h9,18,21-25,27,33-34H,8,10-16H2,1-7H3,(H,35,36);3,5,7,20H,2,4,6,8-9H2,1H3,(H2,21,22,23,24)/b26-20+;/t18-,21-,22-,23+,24+,25-,27?,29-,30-,31-;/m0./s1. The highest BCUT2D eigenvalue weighted by Crippen LogP contribution is 2.74. The average Bonchev–Trinajstić information content (AvgIpc) is 3.83. The fourth-order valence-corrected chi connectivity index (χ4v) is 14.1. The molecule has 4 aliphatic rings. The van der Waals surface area contributed by atoms with Crippen molar-refractivity contribution in [1.82, 2.24) is 20.3 Å². The van der Waals surface area contributed by atoms with Crippen molar-refractivity contribution >= 4 is 62.1 Å². The van der Waals surface area contributed by atoms with Crippen molar-refractivity contribution in [2.45, 2.75) is 138 Å². The number of esters is 1. The van der Waals surface area contributed by atoms with E-state index in [0.717, 1.165) is 89.3 Å². The summed E-state index contributed by atoms with van der Waals surface area (Å²) >= 11 is 4.87. The molecule has 0 bridgehead atoms. The molecule has 4 aliphatic carbocycles. The molecule has 6 N–H and O–H groups in total. The first kappa shape index (κ1) is 48.0. The molecule has 3 aromatic heterocycles. The molecule has 62 heavy (non-hydrogen) atoms. The Hall–Kier alpha value is -3.43. The van der Waals surface area contributed by atoms with Crippen molar-refractivity contribution < 1.29 is 34.0 Å². The highest BCUT2D eigenvalue weighted by molar-refractivity contribution is 9.10. The molecule has 0 amide bonds. The molecular formula is C48H67BrFN5O6S. The normalized spacial score (nSPS) is 32.1. The van der Waals surface area contributed by atoms with Crippen LogP contribution in [0.2, 0.25) is 0 Å². The maximum atomic E-state index is 13.4. The molecule has 11 nitrogen and oxygen atoms in total. The summed E-state index contributed by atoms with van der Waals surface area (Å²) in [5.74, 6) is -0.568. The van der Waals surface area contributed by atoms with E-state index in [2.05, 4.69) is 75.8 Å². The number of anilines is 1. The third-order valence-corrected chi connectivity index (χ3v) is 17.9. The second-order valence-corrected chi connectivity index (χ2v) is 21.2. The number of rotatable bonds is 13. The van der Waals surface area contributed by atoms with Crippen LogP contribution in [-0.4, -0.2) is 73.6 Å². The monoisotopic (exact) mass is 939 g/mol. The van der Waals surface area contributed by atoms with Crippen molar-refractivity contribution in [1.29, 1.82) is 0 Å². The number of hydrogen-bond donors (Lipinski definition) is 6. The minimum Gasteiger partial charge on any atom is -0.478 e. The molecule has 3 heterocycles. The molecule has 340 valence electrons. The number of halogens is 2. The van der Waals surface area contributed by atoms with Gasteiger partial charge in [-0.25, -0.2) is 14.2 Å². The number of carboxylic acid groups (broad SMARTS) is 1. The van der Waals surface area contributed by atoms with Crippen LogP contribution in [-0.2, 0) is 20.9 Å². The molecule has 0 aromatic carbocycles. The number of carbonyl (C=O) groups is 2. The van der Waals surface area contributed by atoms with E-state index in [4.69, 9.17) is 4.74 Å². The van der Waals surface area contributed by atoms with Crippen LogP contribution in [0.1, 0.15) is 122 Å². The summed E-state index contributed by atoms with van der Waals surface area (Å²) in [5.41, 5.74) is 4.28. The Morgan fingerprint density at radius 1 is 1.13 bits per heavy atom. The van der Waals surface area contributed by atoms with E-state index in [1.807, 2.05) is 39.0 Å². The summed E-state index contributed by atoms with van der Waals surface area (Å²) < 4.78 is 20.0. The van der Waals surface area contributed by atoms with Gasteiger partial charge in [-0.05, 0) is 164 Å². The summed E-state index contributed by atoms with van der Waals surface area (Å²) in [6.45, 7) is 22.2. The van der Waals surface area contributed by atoms with Crippen LogP contribution in [0.4, 0.5) is 10.3 Å². The van der Waals surface area contributed by atoms with Gasteiger partial charge in [0.05, 0.1) is 22.6 Å². The van der Waals surface area contributed by atoms with Gasteiger partial charge >= 0.3 is 11.9 Å². The lowest BCUT2D eigenvalue weighted by molar-refractivity contribution is -0.234. The minimum atomic E-state index is -0.953. The number of thiophene rings is 1. The topological polar surface area (TPSA) is 170 Å². The summed E-state index contributed by atoms with van der Waals surface area (Å²) in [6, 6.07) is 3.83. The molecule has 0 saturated heterocycles. The lowest BCUT2D eigenvalue weighted by Crippen LogP contribution is -2.65.